The smallest absolute Gasteiger partial charge is 0.455 e. The second-order valence-electron chi connectivity index (χ2n) is 5.26. The summed E-state index contributed by atoms with van der Waals surface area (Å²) in [7, 11) is 0. The van der Waals surface area contributed by atoms with Crippen molar-refractivity contribution in [2.45, 2.75) is 18.1 Å². The largest absolute Gasteiger partial charge is 0.462 e. The van der Waals surface area contributed by atoms with Gasteiger partial charge in [0, 0.05) is 11.6 Å². The summed E-state index contributed by atoms with van der Waals surface area (Å²) < 4.78 is 92.7. The molecule has 6 nitrogen and oxygen atoms in total. The molecule has 0 bridgehead atoms. The maximum Gasteiger partial charge on any atom is 0.462 e. The molecule has 0 aliphatic rings. The third-order valence-electron chi connectivity index (χ3n) is 3.27. The zero-order valence-electron chi connectivity index (χ0n) is 13.4. The molecule has 2 rings (SSSR count). The monoisotopic (exact) mass is 467 g/mol. The molecule has 0 spiro atoms. The van der Waals surface area contributed by atoms with E-state index in [1.807, 2.05) is 0 Å². The molecule has 0 aliphatic carbocycles. The molecule has 0 saturated carbocycles. The highest BCUT2D eigenvalue weighted by Gasteiger charge is 2.73. The Bertz CT molecular complexity index is 960. The minimum absolute atomic E-state index is 0.0238. The fraction of sp³-hybridized carbons (Fsp3) is 0.214. The van der Waals surface area contributed by atoms with Crippen molar-refractivity contribution in [1.82, 2.24) is 5.43 Å². The van der Waals surface area contributed by atoms with E-state index in [-0.39, 0.29) is 27.1 Å². The van der Waals surface area contributed by atoms with Crippen LogP contribution in [0.5, 0.6) is 0 Å². The van der Waals surface area contributed by atoms with E-state index in [2.05, 4.69) is 5.10 Å². The predicted octanol–water partition coefficient (Wildman–Crippen LogP) is 5.88. The van der Waals surface area contributed by atoms with Crippen molar-refractivity contribution < 1.29 is 40.1 Å². The van der Waals surface area contributed by atoms with Crippen LogP contribution in [0.1, 0.15) is 5.76 Å². The number of rotatable bonds is 6. The van der Waals surface area contributed by atoms with Crippen molar-refractivity contribution in [2.75, 3.05) is 0 Å². The average Bonchev–Trinajstić information content (AvgIpc) is 3.01. The Hall–Kier alpha value is -2.54. The number of nitrogens with zero attached hydrogens (tertiary/aromatic N) is 2. The molecule has 29 heavy (non-hydrogen) atoms. The summed E-state index contributed by atoms with van der Waals surface area (Å²) in [5.41, 5.74) is -0.124. The highest BCUT2D eigenvalue weighted by atomic mass is 35.5. The van der Waals surface area contributed by atoms with Crippen LogP contribution in [0, 0.1) is 10.1 Å². The van der Waals surface area contributed by atoms with Gasteiger partial charge in [0.2, 0.25) is 0 Å². The van der Waals surface area contributed by atoms with Crippen LogP contribution < -0.4 is 5.43 Å². The van der Waals surface area contributed by atoms with Gasteiger partial charge in [-0.25, -0.2) is 5.43 Å². The SMILES string of the molecule is O=[N+]([O-])c1cc(-c2ccc(/C=N/NC(F)(F)C(F)(F)C(F)(F)F)o2)c(Cl)cc1Cl. The zero-order valence-corrected chi connectivity index (χ0v) is 14.9. The minimum atomic E-state index is -6.52. The van der Waals surface area contributed by atoms with Gasteiger partial charge in [0.25, 0.3) is 5.69 Å². The molecule has 1 aromatic carbocycles. The maximum atomic E-state index is 13.1. The fourth-order valence-electron chi connectivity index (χ4n) is 1.86. The first kappa shape index (κ1) is 22.7. The topological polar surface area (TPSA) is 80.7 Å². The first-order valence-electron chi connectivity index (χ1n) is 7.03. The van der Waals surface area contributed by atoms with Gasteiger partial charge in [-0.15, -0.1) is 0 Å². The third-order valence-corrected chi connectivity index (χ3v) is 3.89. The standard InChI is InChI=1S/C14H6Cl2F7N3O3/c15-8-4-9(16)10(26(27)28)3-7(8)11-2-1-6(29-11)5-24-25-14(22,23)12(17,18)13(19,20)21/h1-5,25H/b24-5+. The molecular weight excluding hydrogens is 462 g/mol. The van der Waals surface area contributed by atoms with Gasteiger partial charge in [0.15, 0.2) is 0 Å². The quantitative estimate of drug-likeness (QED) is 0.189. The number of hydrazone groups is 1. The lowest BCUT2D eigenvalue weighted by molar-refractivity contribution is -0.384. The number of halogens is 9. The molecule has 0 fully saturated rings. The molecule has 0 saturated heterocycles. The lowest BCUT2D eigenvalue weighted by atomic mass is 10.1. The van der Waals surface area contributed by atoms with Gasteiger partial charge in [-0.2, -0.15) is 35.8 Å². The summed E-state index contributed by atoms with van der Waals surface area (Å²) in [4.78, 5) is 10.1. The fourth-order valence-corrected chi connectivity index (χ4v) is 2.40. The zero-order chi connectivity index (χ0) is 22.2. The molecule has 0 atom stereocenters. The minimum Gasteiger partial charge on any atom is -0.455 e. The highest BCUT2D eigenvalue weighted by molar-refractivity contribution is 6.37. The number of furan rings is 1. The van der Waals surface area contributed by atoms with Gasteiger partial charge in [-0.1, -0.05) is 23.2 Å². The van der Waals surface area contributed by atoms with Crippen molar-refractivity contribution in [1.29, 1.82) is 0 Å². The van der Waals surface area contributed by atoms with E-state index in [1.54, 1.807) is 0 Å². The third kappa shape index (κ3) is 4.56. The van der Waals surface area contributed by atoms with Crippen molar-refractivity contribution >= 4 is 35.1 Å². The summed E-state index contributed by atoms with van der Waals surface area (Å²) in [5.74, 6) is -6.88. The van der Waals surface area contributed by atoms with E-state index in [1.165, 1.54) is 6.07 Å². The lowest BCUT2D eigenvalue weighted by Gasteiger charge is -2.27. The predicted molar refractivity (Wildman–Crippen MR) is 87.5 cm³/mol. The second kappa shape index (κ2) is 7.71. The van der Waals surface area contributed by atoms with Crippen LogP contribution >= 0.6 is 23.2 Å². The Balaban J connectivity index is 2.24. The van der Waals surface area contributed by atoms with E-state index < -0.39 is 28.8 Å². The van der Waals surface area contributed by atoms with Crippen LogP contribution in [0.25, 0.3) is 11.3 Å². The van der Waals surface area contributed by atoms with Crippen LogP contribution in [0.3, 0.4) is 0 Å². The number of benzene rings is 1. The Morgan fingerprint density at radius 1 is 1.07 bits per heavy atom. The van der Waals surface area contributed by atoms with E-state index in [0.29, 0.717) is 11.6 Å². The average molecular weight is 468 g/mol. The first-order valence-corrected chi connectivity index (χ1v) is 7.79. The van der Waals surface area contributed by atoms with Crippen LogP contribution in [0.4, 0.5) is 36.4 Å². The van der Waals surface area contributed by atoms with Gasteiger partial charge in [-0.3, -0.25) is 10.1 Å². The Kier molecular flexibility index (Phi) is 6.04. The second-order valence-corrected chi connectivity index (χ2v) is 6.07. The number of nitro benzene ring substituents is 1. The van der Waals surface area contributed by atoms with Gasteiger partial charge in [0.05, 0.1) is 16.2 Å². The van der Waals surface area contributed by atoms with Gasteiger partial charge < -0.3 is 4.42 Å². The number of hydrogen-bond acceptors (Lipinski definition) is 5. The summed E-state index contributed by atoms with van der Waals surface area (Å²) >= 11 is 11.6. The Morgan fingerprint density at radius 3 is 2.24 bits per heavy atom. The number of nitrogens with one attached hydrogen (secondary N) is 1. The van der Waals surface area contributed by atoms with Crippen molar-refractivity contribution in [3.8, 4) is 11.3 Å². The lowest BCUT2D eigenvalue weighted by Crippen LogP contribution is -2.58. The molecule has 0 radical (unpaired) electrons. The first-order chi connectivity index (χ1) is 13.2. The number of alkyl halides is 7. The van der Waals surface area contributed by atoms with E-state index in [0.717, 1.165) is 18.2 Å². The number of hydrogen-bond donors (Lipinski definition) is 1. The van der Waals surface area contributed by atoms with Crippen molar-refractivity contribution in [2.24, 2.45) is 5.10 Å². The molecular formula is C14H6Cl2F7N3O3. The molecule has 15 heteroatoms. The molecule has 0 aliphatic heterocycles. The molecule has 0 unspecified atom stereocenters. The van der Waals surface area contributed by atoms with Gasteiger partial charge >= 0.3 is 18.1 Å². The van der Waals surface area contributed by atoms with E-state index in [4.69, 9.17) is 27.6 Å². The molecule has 0 amide bonds. The van der Waals surface area contributed by atoms with Crippen LogP contribution in [-0.4, -0.2) is 29.3 Å². The van der Waals surface area contributed by atoms with Crippen molar-refractivity contribution in [3.63, 3.8) is 0 Å². The normalized spacial score (nSPS) is 13.1. The van der Waals surface area contributed by atoms with Crippen LogP contribution in [0.15, 0.2) is 33.8 Å². The van der Waals surface area contributed by atoms with Crippen LogP contribution in [0.2, 0.25) is 10.0 Å². The van der Waals surface area contributed by atoms with Gasteiger partial charge in [-0.05, 0) is 18.2 Å². The summed E-state index contributed by atoms with van der Waals surface area (Å²) in [6, 6.07) is -1.49. The van der Waals surface area contributed by atoms with Crippen LogP contribution in [-0.2, 0) is 0 Å². The highest BCUT2D eigenvalue weighted by Crippen LogP contribution is 2.45. The Morgan fingerprint density at radius 2 is 1.69 bits per heavy atom. The van der Waals surface area contributed by atoms with E-state index in [9.17, 15) is 40.8 Å². The van der Waals surface area contributed by atoms with Crippen molar-refractivity contribution in [3.05, 3.63) is 50.2 Å². The van der Waals surface area contributed by atoms with Gasteiger partial charge in [0.1, 0.15) is 16.5 Å². The van der Waals surface area contributed by atoms with E-state index >= 15 is 0 Å². The molecule has 158 valence electrons. The molecule has 2 aromatic rings. The summed E-state index contributed by atoms with van der Waals surface area (Å²) in [6.07, 6.45) is -6.13. The molecule has 1 aromatic heterocycles. The number of nitro groups is 1. The summed E-state index contributed by atoms with van der Waals surface area (Å²) in [5, 5.41) is 13.2. The maximum absolute atomic E-state index is 13.1. The molecule has 1 N–H and O–H groups in total. The molecule has 1 heterocycles. The Labute approximate surface area is 166 Å². The summed E-state index contributed by atoms with van der Waals surface area (Å²) in [6.45, 7) is 0.